The van der Waals surface area contributed by atoms with E-state index in [1.807, 2.05) is 36.6 Å². The highest BCUT2D eigenvalue weighted by molar-refractivity contribution is 8.00. The van der Waals surface area contributed by atoms with E-state index in [9.17, 15) is 4.79 Å². The Labute approximate surface area is 112 Å². The van der Waals surface area contributed by atoms with Crippen LogP contribution in [0, 0.1) is 0 Å². The summed E-state index contributed by atoms with van der Waals surface area (Å²) in [5.41, 5.74) is 1.56. The van der Waals surface area contributed by atoms with Crippen molar-refractivity contribution < 1.29 is 0 Å². The summed E-state index contributed by atoms with van der Waals surface area (Å²) in [5, 5.41) is 1.01. The van der Waals surface area contributed by atoms with Crippen LogP contribution in [-0.2, 0) is 0 Å². The maximum Gasteiger partial charge on any atom is 0.346 e. The van der Waals surface area contributed by atoms with Gasteiger partial charge in [0.25, 0.3) is 0 Å². The first-order valence-electron chi connectivity index (χ1n) is 5.41. The van der Waals surface area contributed by atoms with Crippen molar-refractivity contribution in [2.45, 2.75) is 4.21 Å². The lowest BCUT2D eigenvalue weighted by Crippen LogP contribution is -2.10. The third-order valence-corrected chi connectivity index (χ3v) is 4.75. The molecule has 0 saturated heterocycles. The highest BCUT2D eigenvalue weighted by Crippen LogP contribution is 2.34. The van der Waals surface area contributed by atoms with E-state index >= 15 is 0 Å². The van der Waals surface area contributed by atoms with Gasteiger partial charge in [0, 0.05) is 5.39 Å². The minimum Gasteiger partial charge on any atom is -0.305 e. The highest BCUT2D eigenvalue weighted by atomic mass is 32.2. The van der Waals surface area contributed by atoms with Gasteiger partial charge in [-0.1, -0.05) is 30.3 Å². The summed E-state index contributed by atoms with van der Waals surface area (Å²) in [6.45, 7) is 0. The van der Waals surface area contributed by atoms with Crippen LogP contribution < -0.4 is 5.69 Å². The molecule has 18 heavy (non-hydrogen) atoms. The van der Waals surface area contributed by atoms with Crippen molar-refractivity contribution in [1.29, 1.82) is 0 Å². The molecule has 3 rings (SSSR count). The van der Waals surface area contributed by atoms with Gasteiger partial charge in [-0.2, -0.15) is 4.98 Å². The average molecular weight is 274 g/mol. The van der Waals surface area contributed by atoms with E-state index in [1.165, 1.54) is 0 Å². The van der Waals surface area contributed by atoms with Gasteiger partial charge in [0.05, 0.1) is 9.90 Å². The third-order valence-electron chi connectivity index (χ3n) is 2.66. The van der Waals surface area contributed by atoms with Crippen molar-refractivity contribution in [3.8, 4) is 11.3 Å². The van der Waals surface area contributed by atoms with Gasteiger partial charge in [0.2, 0.25) is 0 Å². The summed E-state index contributed by atoms with van der Waals surface area (Å²) in [4.78, 5) is 19.3. The van der Waals surface area contributed by atoms with Crippen molar-refractivity contribution in [2.24, 2.45) is 0 Å². The Hall–Kier alpha value is -1.59. The van der Waals surface area contributed by atoms with E-state index in [0.717, 1.165) is 25.7 Å². The van der Waals surface area contributed by atoms with E-state index in [4.69, 9.17) is 0 Å². The van der Waals surface area contributed by atoms with Crippen LogP contribution in [0.1, 0.15) is 0 Å². The molecule has 0 aliphatic rings. The number of benzene rings is 1. The third kappa shape index (κ3) is 1.95. The van der Waals surface area contributed by atoms with Crippen molar-refractivity contribution in [2.75, 3.05) is 6.26 Å². The molecule has 1 aromatic carbocycles. The number of hydrogen-bond acceptors (Lipinski definition) is 4. The van der Waals surface area contributed by atoms with E-state index in [2.05, 4.69) is 16.0 Å². The topological polar surface area (TPSA) is 45.8 Å². The van der Waals surface area contributed by atoms with Crippen molar-refractivity contribution >= 4 is 33.3 Å². The zero-order valence-corrected chi connectivity index (χ0v) is 11.3. The number of aromatic nitrogens is 2. The molecule has 90 valence electrons. The summed E-state index contributed by atoms with van der Waals surface area (Å²) in [6, 6.07) is 11.9. The quantitative estimate of drug-likeness (QED) is 0.729. The summed E-state index contributed by atoms with van der Waals surface area (Å²) >= 11 is 3.22. The standard InChI is InChI=1S/C13H10N2OS2/c1-17-10-7-9-11(8-5-3-2-4-6-8)14-13(16)15-12(9)18-10/h2-7H,1H3,(H,14,15,16). The van der Waals surface area contributed by atoms with Crippen LogP contribution in [0.5, 0.6) is 0 Å². The first kappa shape index (κ1) is 11.5. The number of H-pyrrole nitrogens is 1. The molecule has 0 unspecified atom stereocenters. The Bertz CT molecular complexity index is 747. The molecule has 0 radical (unpaired) electrons. The molecule has 0 fully saturated rings. The van der Waals surface area contributed by atoms with E-state index in [-0.39, 0.29) is 5.69 Å². The van der Waals surface area contributed by atoms with E-state index in [1.54, 1.807) is 23.1 Å². The fourth-order valence-corrected chi connectivity index (χ4v) is 3.42. The maximum atomic E-state index is 11.6. The van der Waals surface area contributed by atoms with Gasteiger partial charge in [0.1, 0.15) is 4.83 Å². The minimum absolute atomic E-state index is 0.296. The number of fused-ring (bicyclic) bond motifs is 1. The number of thiophene rings is 1. The Morgan fingerprint density at radius 3 is 2.78 bits per heavy atom. The number of nitrogens with zero attached hydrogens (tertiary/aromatic N) is 1. The summed E-state index contributed by atoms with van der Waals surface area (Å²) in [5.74, 6) is 0. The lowest BCUT2D eigenvalue weighted by molar-refractivity contribution is 1.13. The molecule has 0 amide bonds. The molecule has 0 aliphatic carbocycles. The maximum absolute atomic E-state index is 11.6. The molecule has 3 nitrogen and oxygen atoms in total. The molecule has 1 N–H and O–H groups in total. The number of hydrogen-bond donors (Lipinski definition) is 1. The normalized spacial score (nSPS) is 10.9. The second-order valence-electron chi connectivity index (χ2n) is 3.77. The van der Waals surface area contributed by atoms with Gasteiger partial charge in [-0.25, -0.2) is 4.79 Å². The van der Waals surface area contributed by atoms with E-state index < -0.39 is 0 Å². The van der Waals surface area contributed by atoms with Crippen molar-refractivity contribution in [3.63, 3.8) is 0 Å². The van der Waals surface area contributed by atoms with Gasteiger partial charge in [-0.15, -0.1) is 23.1 Å². The number of nitrogens with one attached hydrogen (secondary N) is 1. The molecule has 0 saturated carbocycles. The van der Waals surface area contributed by atoms with Gasteiger partial charge >= 0.3 is 5.69 Å². The summed E-state index contributed by atoms with van der Waals surface area (Å²) in [6.07, 6.45) is 2.02. The Balaban J connectivity index is 2.34. The second-order valence-corrected chi connectivity index (χ2v) is 5.91. The van der Waals surface area contributed by atoms with Gasteiger partial charge in [-0.3, -0.25) is 0 Å². The van der Waals surface area contributed by atoms with Crippen LogP contribution >= 0.6 is 23.1 Å². The van der Waals surface area contributed by atoms with Crippen molar-refractivity contribution in [3.05, 3.63) is 46.9 Å². The smallest absolute Gasteiger partial charge is 0.305 e. The van der Waals surface area contributed by atoms with Crippen LogP contribution in [0.25, 0.3) is 21.5 Å². The van der Waals surface area contributed by atoms with Gasteiger partial charge < -0.3 is 4.98 Å². The molecular formula is C13H10N2OS2. The van der Waals surface area contributed by atoms with Gasteiger partial charge in [-0.05, 0) is 17.9 Å². The molecule has 0 atom stereocenters. The van der Waals surface area contributed by atoms with Crippen molar-refractivity contribution in [1.82, 2.24) is 9.97 Å². The predicted molar refractivity (Wildman–Crippen MR) is 77.5 cm³/mol. The number of rotatable bonds is 2. The zero-order chi connectivity index (χ0) is 12.5. The molecule has 2 heterocycles. The zero-order valence-electron chi connectivity index (χ0n) is 9.64. The predicted octanol–water partition coefficient (Wildman–Crippen LogP) is 3.37. The largest absolute Gasteiger partial charge is 0.346 e. The summed E-state index contributed by atoms with van der Waals surface area (Å²) in [7, 11) is 0. The Morgan fingerprint density at radius 1 is 1.28 bits per heavy atom. The Kier molecular flexibility index (Phi) is 2.93. The number of aromatic amines is 1. The number of thioether (sulfide) groups is 1. The SMILES string of the molecule is CSc1cc2c(-c3ccccc3)[nH]c(=O)nc2s1. The lowest BCUT2D eigenvalue weighted by Gasteiger charge is -2.01. The van der Waals surface area contributed by atoms with Crippen LogP contribution in [-0.4, -0.2) is 16.2 Å². The highest BCUT2D eigenvalue weighted by Gasteiger charge is 2.10. The van der Waals surface area contributed by atoms with Crippen LogP contribution in [0.4, 0.5) is 0 Å². The van der Waals surface area contributed by atoms with Crippen LogP contribution in [0.3, 0.4) is 0 Å². The Morgan fingerprint density at radius 2 is 2.06 bits per heavy atom. The average Bonchev–Trinajstić information content (AvgIpc) is 2.81. The fraction of sp³-hybridized carbons (Fsp3) is 0.0769. The van der Waals surface area contributed by atoms with Crippen LogP contribution in [0.2, 0.25) is 0 Å². The summed E-state index contributed by atoms with van der Waals surface area (Å²) < 4.78 is 1.16. The molecule has 5 heteroatoms. The first-order chi connectivity index (χ1) is 8.78. The van der Waals surface area contributed by atoms with Gasteiger partial charge in [0.15, 0.2) is 0 Å². The molecule has 2 aromatic heterocycles. The fourth-order valence-electron chi connectivity index (χ4n) is 1.85. The monoisotopic (exact) mass is 274 g/mol. The second kappa shape index (κ2) is 4.59. The molecular weight excluding hydrogens is 264 g/mol. The van der Waals surface area contributed by atoms with E-state index in [0.29, 0.717) is 0 Å². The first-order valence-corrected chi connectivity index (χ1v) is 7.45. The molecule has 0 spiro atoms. The minimum atomic E-state index is -0.296. The molecule has 0 aliphatic heterocycles. The molecule has 3 aromatic rings. The lowest BCUT2D eigenvalue weighted by atomic mass is 10.1. The molecule has 0 bridgehead atoms. The van der Waals surface area contributed by atoms with Crippen LogP contribution in [0.15, 0.2) is 45.4 Å².